The zero-order chi connectivity index (χ0) is 18.0. The lowest BCUT2D eigenvalue weighted by atomic mass is 10.1. The number of fused-ring (bicyclic) bond motifs is 1. The molecule has 0 fully saturated rings. The lowest BCUT2D eigenvalue weighted by molar-refractivity contribution is 0.0520. The molecule has 1 aromatic heterocycles. The summed E-state index contributed by atoms with van der Waals surface area (Å²) in [6.07, 6.45) is 4.83. The van der Waals surface area contributed by atoms with Gasteiger partial charge in [0.1, 0.15) is 11.0 Å². The Morgan fingerprint density at radius 3 is 2.96 bits per heavy atom. The number of ether oxygens (including phenoxy) is 1. The Hall–Kier alpha value is -1.33. The lowest BCUT2D eigenvalue weighted by Gasteiger charge is -2.18. The van der Waals surface area contributed by atoms with Crippen molar-refractivity contribution in [3.63, 3.8) is 0 Å². The number of rotatable bonds is 6. The molecule has 1 aliphatic carbocycles. The molecule has 1 aliphatic rings. The highest BCUT2D eigenvalue weighted by Crippen LogP contribution is 2.39. The molecule has 0 saturated carbocycles. The third-order valence-electron chi connectivity index (χ3n) is 4.61. The smallest absolute Gasteiger partial charge is 0.360 e. The average molecular weight is 426 g/mol. The van der Waals surface area contributed by atoms with Gasteiger partial charge in [0.2, 0.25) is 0 Å². The molecule has 0 saturated heterocycles. The molecule has 0 aliphatic heterocycles. The number of aromatic nitrogens is 2. The van der Waals surface area contributed by atoms with E-state index in [2.05, 4.69) is 46.0 Å². The van der Waals surface area contributed by atoms with E-state index in [1.54, 1.807) is 6.92 Å². The third-order valence-corrected chi connectivity index (χ3v) is 5.47. The van der Waals surface area contributed by atoms with Gasteiger partial charge < -0.3 is 9.30 Å². The van der Waals surface area contributed by atoms with Crippen molar-refractivity contribution < 1.29 is 9.53 Å². The molecule has 1 unspecified atom stereocenters. The Balaban J connectivity index is 2.04. The van der Waals surface area contributed by atoms with Crippen LogP contribution in [0.5, 0.6) is 0 Å². The number of carbonyl (C=O) groups is 1. The van der Waals surface area contributed by atoms with Crippen molar-refractivity contribution in [1.82, 2.24) is 9.55 Å². The number of nitrogens with zero attached hydrogens (tertiary/aromatic N) is 2. The van der Waals surface area contributed by atoms with Crippen LogP contribution in [0, 0.1) is 0 Å². The van der Waals surface area contributed by atoms with E-state index in [4.69, 9.17) is 16.3 Å². The second-order valence-electron chi connectivity index (χ2n) is 6.26. The Bertz CT molecular complexity index is 788. The van der Waals surface area contributed by atoms with Gasteiger partial charge in [-0.1, -0.05) is 46.9 Å². The van der Waals surface area contributed by atoms with Crippen LogP contribution in [0.15, 0.2) is 22.7 Å². The van der Waals surface area contributed by atoms with Gasteiger partial charge in [-0.15, -0.1) is 0 Å². The Morgan fingerprint density at radius 1 is 1.44 bits per heavy atom. The molecule has 25 heavy (non-hydrogen) atoms. The quantitative estimate of drug-likeness (QED) is 0.586. The maximum Gasteiger partial charge on any atom is 0.360 e. The molecule has 0 N–H and O–H groups in total. The molecular formula is C19H22BrClN2O2. The minimum Gasteiger partial charge on any atom is -0.461 e. The largest absolute Gasteiger partial charge is 0.461 e. The van der Waals surface area contributed by atoms with Gasteiger partial charge in [0.05, 0.1) is 12.6 Å². The minimum atomic E-state index is -0.446. The molecule has 1 aromatic carbocycles. The van der Waals surface area contributed by atoms with E-state index >= 15 is 0 Å². The molecule has 6 heteroatoms. The Morgan fingerprint density at radius 2 is 2.24 bits per heavy atom. The molecule has 1 heterocycles. The fraction of sp³-hybridized carbons (Fsp3) is 0.474. The highest BCUT2D eigenvalue weighted by molar-refractivity contribution is 9.10. The number of aryl methyl sites for hydroxylation is 2. The zero-order valence-electron chi connectivity index (χ0n) is 14.5. The van der Waals surface area contributed by atoms with Crippen LogP contribution in [0.25, 0.3) is 0 Å². The number of benzene rings is 1. The number of carbonyl (C=O) groups excluding carboxylic acids is 1. The molecule has 134 valence electrons. The number of hydrogen-bond acceptors (Lipinski definition) is 3. The summed E-state index contributed by atoms with van der Waals surface area (Å²) >= 11 is 10.1. The molecule has 0 amide bonds. The fourth-order valence-electron chi connectivity index (χ4n) is 3.45. The van der Waals surface area contributed by atoms with Gasteiger partial charge in [-0.25, -0.2) is 9.78 Å². The van der Waals surface area contributed by atoms with Crippen LogP contribution in [0.2, 0.25) is 5.15 Å². The van der Waals surface area contributed by atoms with Gasteiger partial charge in [-0.2, -0.15) is 0 Å². The van der Waals surface area contributed by atoms with Crippen molar-refractivity contribution >= 4 is 33.5 Å². The van der Waals surface area contributed by atoms with E-state index in [0.717, 1.165) is 42.4 Å². The predicted octanol–water partition coefficient (Wildman–Crippen LogP) is 5.35. The highest BCUT2D eigenvalue weighted by Gasteiger charge is 2.31. The van der Waals surface area contributed by atoms with Crippen molar-refractivity contribution in [2.75, 3.05) is 6.61 Å². The van der Waals surface area contributed by atoms with Crippen molar-refractivity contribution in [2.24, 2.45) is 0 Å². The molecule has 0 spiro atoms. The van der Waals surface area contributed by atoms with Crippen molar-refractivity contribution in [3.05, 3.63) is 50.5 Å². The summed E-state index contributed by atoms with van der Waals surface area (Å²) in [5.41, 5.74) is 2.82. The van der Waals surface area contributed by atoms with Crippen molar-refractivity contribution in [3.8, 4) is 0 Å². The van der Waals surface area contributed by atoms with Crippen molar-refractivity contribution in [1.29, 1.82) is 0 Å². The van der Waals surface area contributed by atoms with E-state index in [9.17, 15) is 4.79 Å². The average Bonchev–Trinajstić information content (AvgIpc) is 3.13. The molecule has 0 bridgehead atoms. The molecule has 2 aromatic rings. The predicted molar refractivity (Wildman–Crippen MR) is 102 cm³/mol. The maximum absolute atomic E-state index is 12.2. The van der Waals surface area contributed by atoms with Crippen LogP contribution in [0.3, 0.4) is 0 Å². The number of imidazole rings is 1. The first-order valence-corrected chi connectivity index (χ1v) is 9.95. The summed E-state index contributed by atoms with van der Waals surface area (Å²) in [5, 5.41) is 0.394. The number of esters is 1. The maximum atomic E-state index is 12.2. The normalized spacial score (nSPS) is 16.1. The first kappa shape index (κ1) is 18.5. The van der Waals surface area contributed by atoms with Crippen LogP contribution in [0.1, 0.15) is 66.6 Å². The van der Waals surface area contributed by atoms with Gasteiger partial charge in [0.25, 0.3) is 0 Å². The zero-order valence-corrected chi connectivity index (χ0v) is 16.9. The summed E-state index contributed by atoms with van der Waals surface area (Å²) < 4.78 is 8.25. The SMILES string of the molecule is CCCCc1nc(C(=O)OCC)c(Cl)n1C1CCc2cc(Br)ccc21. The minimum absolute atomic E-state index is 0.123. The van der Waals surface area contributed by atoms with Crippen LogP contribution in [0.4, 0.5) is 0 Å². The van der Waals surface area contributed by atoms with Gasteiger partial charge in [0.15, 0.2) is 5.69 Å². The topological polar surface area (TPSA) is 44.1 Å². The summed E-state index contributed by atoms with van der Waals surface area (Å²) in [4.78, 5) is 16.8. The fourth-order valence-corrected chi connectivity index (χ4v) is 4.19. The van der Waals surface area contributed by atoms with Crippen LogP contribution in [-0.4, -0.2) is 22.1 Å². The van der Waals surface area contributed by atoms with Crippen molar-refractivity contribution in [2.45, 2.75) is 52.0 Å². The van der Waals surface area contributed by atoms with E-state index < -0.39 is 5.97 Å². The van der Waals surface area contributed by atoms with Crippen LogP contribution >= 0.6 is 27.5 Å². The molecule has 3 rings (SSSR count). The molecule has 1 atom stereocenters. The summed E-state index contributed by atoms with van der Waals surface area (Å²) in [7, 11) is 0. The second kappa shape index (κ2) is 7.92. The molecular weight excluding hydrogens is 404 g/mol. The lowest BCUT2D eigenvalue weighted by Crippen LogP contribution is -2.12. The molecule has 0 radical (unpaired) electrons. The first-order valence-electron chi connectivity index (χ1n) is 8.78. The molecule has 4 nitrogen and oxygen atoms in total. The Labute approximate surface area is 161 Å². The Kier molecular flexibility index (Phi) is 5.85. The third kappa shape index (κ3) is 3.63. The summed E-state index contributed by atoms with van der Waals surface area (Å²) in [5.74, 6) is 0.425. The highest BCUT2D eigenvalue weighted by atomic mass is 79.9. The first-order chi connectivity index (χ1) is 12.1. The second-order valence-corrected chi connectivity index (χ2v) is 7.53. The number of hydrogen-bond donors (Lipinski definition) is 0. The number of unbranched alkanes of at least 4 members (excludes halogenated alkanes) is 1. The standard InChI is InChI=1S/C19H22BrClN2O2/c1-3-5-6-16-22-17(19(24)25-4-2)18(21)23(16)15-10-7-12-11-13(20)8-9-14(12)15/h8-9,11,15H,3-7,10H2,1-2H3. The van der Waals surface area contributed by atoms with E-state index in [0.29, 0.717) is 11.8 Å². The van der Waals surface area contributed by atoms with E-state index in [1.807, 2.05) is 4.57 Å². The van der Waals surface area contributed by atoms with Crippen LogP contribution < -0.4 is 0 Å². The van der Waals surface area contributed by atoms with E-state index in [1.165, 1.54) is 11.1 Å². The summed E-state index contributed by atoms with van der Waals surface area (Å²) in [6, 6.07) is 6.48. The van der Waals surface area contributed by atoms with E-state index in [-0.39, 0.29) is 11.7 Å². The van der Waals surface area contributed by atoms with Gasteiger partial charge in [-0.05, 0) is 49.4 Å². The van der Waals surface area contributed by atoms with Gasteiger partial charge in [0, 0.05) is 10.9 Å². The monoisotopic (exact) mass is 424 g/mol. The number of halogens is 2. The van der Waals surface area contributed by atoms with Gasteiger partial charge >= 0.3 is 5.97 Å². The van der Waals surface area contributed by atoms with Crippen LogP contribution in [-0.2, 0) is 17.6 Å². The summed E-state index contributed by atoms with van der Waals surface area (Å²) in [6.45, 7) is 4.24. The van der Waals surface area contributed by atoms with Gasteiger partial charge in [-0.3, -0.25) is 0 Å².